The highest BCUT2D eigenvalue weighted by molar-refractivity contribution is 5.03. The zero-order chi connectivity index (χ0) is 11.4. The van der Waals surface area contributed by atoms with Crippen LogP contribution in [0.15, 0.2) is 4.63 Å². The quantitative estimate of drug-likeness (QED) is 0.800. The van der Waals surface area contributed by atoms with Crippen LogP contribution in [-0.4, -0.2) is 28.1 Å². The number of rotatable bonds is 4. The predicted molar refractivity (Wildman–Crippen MR) is 58.7 cm³/mol. The number of nitrogens with one attached hydrogen (secondary N) is 1. The molecule has 0 bridgehead atoms. The Morgan fingerprint density at radius 1 is 1.44 bits per heavy atom. The maximum atomic E-state index is 9.54. The SMILES string of the molecule is Cc1nonc1CNCC1CCCC(O)C1. The summed E-state index contributed by atoms with van der Waals surface area (Å²) in [5.41, 5.74) is 1.72. The Labute approximate surface area is 95.2 Å². The molecule has 0 saturated heterocycles. The van der Waals surface area contributed by atoms with Crippen molar-refractivity contribution in [2.45, 2.75) is 45.3 Å². The molecular formula is C11H19N3O2. The molecule has 0 radical (unpaired) electrons. The molecule has 2 N–H and O–H groups in total. The molecule has 1 fully saturated rings. The average Bonchev–Trinajstić information content (AvgIpc) is 2.65. The lowest BCUT2D eigenvalue weighted by atomic mass is 9.87. The standard InChI is InChI=1S/C11H19N3O2/c1-8-11(14-16-13-8)7-12-6-9-3-2-4-10(15)5-9/h9-10,12,15H,2-7H2,1H3. The molecule has 5 nitrogen and oxygen atoms in total. The summed E-state index contributed by atoms with van der Waals surface area (Å²) >= 11 is 0. The van der Waals surface area contributed by atoms with E-state index in [9.17, 15) is 5.11 Å². The van der Waals surface area contributed by atoms with Gasteiger partial charge in [-0.05, 0) is 38.6 Å². The lowest BCUT2D eigenvalue weighted by Gasteiger charge is -2.25. The van der Waals surface area contributed by atoms with Gasteiger partial charge in [0.25, 0.3) is 0 Å². The smallest absolute Gasteiger partial charge is 0.121 e. The first-order valence-corrected chi connectivity index (χ1v) is 5.92. The second-order valence-corrected chi connectivity index (χ2v) is 4.61. The lowest BCUT2D eigenvalue weighted by molar-refractivity contribution is 0.100. The van der Waals surface area contributed by atoms with Crippen LogP contribution in [0.5, 0.6) is 0 Å². The van der Waals surface area contributed by atoms with Gasteiger partial charge >= 0.3 is 0 Å². The number of aliphatic hydroxyl groups is 1. The molecule has 16 heavy (non-hydrogen) atoms. The van der Waals surface area contributed by atoms with Gasteiger partial charge in [-0.3, -0.25) is 0 Å². The number of aromatic nitrogens is 2. The van der Waals surface area contributed by atoms with Crippen molar-refractivity contribution in [1.29, 1.82) is 0 Å². The highest BCUT2D eigenvalue weighted by Crippen LogP contribution is 2.23. The third-order valence-electron chi connectivity index (χ3n) is 3.23. The fourth-order valence-electron chi connectivity index (χ4n) is 2.25. The van der Waals surface area contributed by atoms with E-state index in [1.807, 2.05) is 6.92 Å². The minimum Gasteiger partial charge on any atom is -0.393 e. The van der Waals surface area contributed by atoms with Gasteiger partial charge in [0.05, 0.1) is 6.10 Å². The first-order chi connectivity index (χ1) is 7.75. The van der Waals surface area contributed by atoms with E-state index in [0.717, 1.165) is 37.2 Å². The molecule has 0 amide bonds. The summed E-state index contributed by atoms with van der Waals surface area (Å²) in [6.07, 6.45) is 4.13. The van der Waals surface area contributed by atoms with Crippen LogP contribution in [-0.2, 0) is 6.54 Å². The van der Waals surface area contributed by atoms with Crippen molar-refractivity contribution in [3.63, 3.8) is 0 Å². The molecule has 2 atom stereocenters. The van der Waals surface area contributed by atoms with Gasteiger partial charge in [0.15, 0.2) is 0 Å². The van der Waals surface area contributed by atoms with Crippen molar-refractivity contribution in [2.24, 2.45) is 5.92 Å². The third kappa shape index (κ3) is 3.02. The molecule has 2 unspecified atom stereocenters. The summed E-state index contributed by atoms with van der Waals surface area (Å²) in [4.78, 5) is 0. The highest BCUT2D eigenvalue weighted by atomic mass is 16.6. The van der Waals surface area contributed by atoms with Gasteiger partial charge < -0.3 is 10.4 Å². The summed E-state index contributed by atoms with van der Waals surface area (Å²) in [5, 5.41) is 20.4. The molecular weight excluding hydrogens is 206 g/mol. The largest absolute Gasteiger partial charge is 0.393 e. The van der Waals surface area contributed by atoms with Gasteiger partial charge in [0.2, 0.25) is 0 Å². The van der Waals surface area contributed by atoms with Crippen LogP contribution >= 0.6 is 0 Å². The molecule has 2 rings (SSSR count). The van der Waals surface area contributed by atoms with Crippen molar-refractivity contribution in [1.82, 2.24) is 15.6 Å². The van der Waals surface area contributed by atoms with Crippen molar-refractivity contribution < 1.29 is 9.74 Å². The van der Waals surface area contributed by atoms with E-state index in [-0.39, 0.29) is 6.10 Å². The Morgan fingerprint density at radius 3 is 3.00 bits per heavy atom. The fourth-order valence-corrected chi connectivity index (χ4v) is 2.25. The van der Waals surface area contributed by atoms with Crippen molar-refractivity contribution in [3.05, 3.63) is 11.4 Å². The summed E-state index contributed by atoms with van der Waals surface area (Å²) in [5.74, 6) is 0.587. The molecule has 1 aromatic rings. The number of aliphatic hydroxyl groups excluding tert-OH is 1. The van der Waals surface area contributed by atoms with Gasteiger partial charge in [-0.1, -0.05) is 16.7 Å². The van der Waals surface area contributed by atoms with E-state index < -0.39 is 0 Å². The van der Waals surface area contributed by atoms with E-state index in [1.54, 1.807) is 0 Å². The number of aryl methyl sites for hydroxylation is 1. The maximum absolute atomic E-state index is 9.54. The molecule has 1 aromatic heterocycles. The number of hydrogen-bond acceptors (Lipinski definition) is 5. The molecule has 1 aliphatic carbocycles. The van der Waals surface area contributed by atoms with Gasteiger partial charge in [-0.25, -0.2) is 4.63 Å². The third-order valence-corrected chi connectivity index (χ3v) is 3.23. The van der Waals surface area contributed by atoms with E-state index in [4.69, 9.17) is 0 Å². The predicted octanol–water partition coefficient (Wildman–Crippen LogP) is 1.02. The van der Waals surface area contributed by atoms with Gasteiger partial charge in [0.1, 0.15) is 11.4 Å². The molecule has 0 spiro atoms. The zero-order valence-corrected chi connectivity index (χ0v) is 9.65. The Morgan fingerprint density at radius 2 is 2.31 bits per heavy atom. The van der Waals surface area contributed by atoms with E-state index >= 15 is 0 Å². The Kier molecular flexibility index (Phi) is 3.90. The van der Waals surface area contributed by atoms with Crippen LogP contribution in [0.1, 0.15) is 37.1 Å². The van der Waals surface area contributed by atoms with Crippen molar-refractivity contribution in [3.8, 4) is 0 Å². The first kappa shape index (κ1) is 11.5. The van der Waals surface area contributed by atoms with Crippen LogP contribution in [0.2, 0.25) is 0 Å². The summed E-state index contributed by atoms with van der Waals surface area (Å²) in [7, 11) is 0. The lowest BCUT2D eigenvalue weighted by Crippen LogP contribution is -2.29. The number of nitrogens with zero attached hydrogens (tertiary/aromatic N) is 2. The van der Waals surface area contributed by atoms with E-state index in [0.29, 0.717) is 12.5 Å². The van der Waals surface area contributed by atoms with E-state index in [1.165, 1.54) is 6.42 Å². The summed E-state index contributed by atoms with van der Waals surface area (Å²) < 4.78 is 4.62. The Balaban J connectivity index is 1.70. The molecule has 0 aromatic carbocycles. The summed E-state index contributed by atoms with van der Waals surface area (Å²) in [6, 6.07) is 0. The second-order valence-electron chi connectivity index (χ2n) is 4.61. The van der Waals surface area contributed by atoms with Crippen molar-refractivity contribution >= 4 is 0 Å². The average molecular weight is 225 g/mol. The topological polar surface area (TPSA) is 71.2 Å². The second kappa shape index (κ2) is 5.41. The van der Waals surface area contributed by atoms with Crippen LogP contribution in [0.25, 0.3) is 0 Å². The molecule has 0 aliphatic heterocycles. The monoisotopic (exact) mass is 225 g/mol. The zero-order valence-electron chi connectivity index (χ0n) is 9.65. The van der Waals surface area contributed by atoms with Gasteiger partial charge in [0, 0.05) is 6.54 Å². The normalized spacial score (nSPS) is 25.9. The first-order valence-electron chi connectivity index (χ1n) is 5.92. The highest BCUT2D eigenvalue weighted by Gasteiger charge is 2.19. The molecule has 1 saturated carbocycles. The molecule has 1 heterocycles. The Hall–Kier alpha value is -0.940. The Bertz CT molecular complexity index is 327. The van der Waals surface area contributed by atoms with Crippen LogP contribution in [0.4, 0.5) is 0 Å². The van der Waals surface area contributed by atoms with Crippen LogP contribution < -0.4 is 5.32 Å². The molecule has 1 aliphatic rings. The summed E-state index contributed by atoms with van der Waals surface area (Å²) in [6.45, 7) is 3.52. The van der Waals surface area contributed by atoms with Crippen molar-refractivity contribution in [2.75, 3.05) is 6.54 Å². The van der Waals surface area contributed by atoms with Crippen LogP contribution in [0, 0.1) is 12.8 Å². The maximum Gasteiger partial charge on any atom is 0.121 e. The van der Waals surface area contributed by atoms with Gasteiger partial charge in [-0.15, -0.1) is 0 Å². The van der Waals surface area contributed by atoms with Gasteiger partial charge in [-0.2, -0.15) is 0 Å². The minimum absolute atomic E-state index is 0.101. The van der Waals surface area contributed by atoms with Crippen LogP contribution in [0.3, 0.4) is 0 Å². The fraction of sp³-hybridized carbons (Fsp3) is 0.818. The van der Waals surface area contributed by atoms with E-state index in [2.05, 4.69) is 20.3 Å². The molecule has 5 heteroatoms. The molecule has 90 valence electrons. The minimum atomic E-state index is -0.101. The number of hydrogen-bond donors (Lipinski definition) is 2.